The van der Waals surface area contributed by atoms with Crippen molar-refractivity contribution in [3.63, 3.8) is 0 Å². The molecule has 4 rings (SSSR count). The van der Waals surface area contributed by atoms with Gasteiger partial charge in [-0.1, -0.05) is 24.3 Å². The van der Waals surface area contributed by atoms with E-state index in [1.165, 1.54) is 34.2 Å². The number of carbonyl (C=O) groups is 2. The minimum Gasteiger partial charge on any atom is -0.497 e. The number of methoxy groups -OCH3 is 2. The summed E-state index contributed by atoms with van der Waals surface area (Å²) in [6, 6.07) is 18.3. The molecule has 1 amide bonds. The topological polar surface area (TPSA) is 80.4 Å². The molecule has 1 heterocycles. The maximum Gasteiger partial charge on any atom is 0.216 e. The van der Waals surface area contributed by atoms with Crippen molar-refractivity contribution in [2.45, 2.75) is 39.5 Å². The first-order valence-corrected chi connectivity index (χ1v) is 11.8. The van der Waals surface area contributed by atoms with Gasteiger partial charge in [0.25, 0.3) is 0 Å². The molecule has 0 fully saturated rings. The second kappa shape index (κ2) is 12.6. The molecule has 0 saturated carbocycles. The lowest BCUT2D eigenvalue weighted by Crippen LogP contribution is -2.22. The number of ketones is 1. The molecule has 184 valence electrons. The van der Waals surface area contributed by atoms with E-state index in [-0.39, 0.29) is 11.7 Å². The van der Waals surface area contributed by atoms with E-state index in [0.29, 0.717) is 13.0 Å². The Morgan fingerprint density at radius 1 is 0.857 bits per heavy atom. The van der Waals surface area contributed by atoms with Crippen molar-refractivity contribution in [3.05, 3.63) is 71.9 Å². The molecule has 0 radical (unpaired) electrons. The quantitative estimate of drug-likeness (QED) is 0.330. The van der Waals surface area contributed by atoms with Gasteiger partial charge in [0.05, 0.1) is 14.2 Å². The first kappa shape index (κ1) is 25.8. The highest BCUT2D eigenvalue weighted by atomic mass is 16.5. The van der Waals surface area contributed by atoms with Gasteiger partial charge in [0.2, 0.25) is 5.91 Å². The van der Waals surface area contributed by atoms with E-state index < -0.39 is 0 Å². The van der Waals surface area contributed by atoms with Gasteiger partial charge in [-0.2, -0.15) is 0 Å². The van der Waals surface area contributed by atoms with Crippen molar-refractivity contribution in [2.24, 2.45) is 0 Å². The monoisotopic (exact) mass is 474 g/mol. The summed E-state index contributed by atoms with van der Waals surface area (Å²) in [6.45, 7) is 3.83. The number of carbonyl (C=O) groups excluding carboxylic acids is 2. The molecule has 1 aromatic heterocycles. The normalized spacial score (nSPS) is 10.5. The van der Waals surface area contributed by atoms with Crippen LogP contribution in [0.15, 0.2) is 60.8 Å². The number of ether oxygens (including phenoxy) is 2. The average molecular weight is 475 g/mol. The molecule has 0 bridgehead atoms. The average Bonchev–Trinajstić information content (AvgIpc) is 3.26. The van der Waals surface area contributed by atoms with E-state index in [9.17, 15) is 9.59 Å². The second-order valence-electron chi connectivity index (χ2n) is 8.52. The number of aromatic nitrogens is 1. The maximum absolute atomic E-state index is 10.9. The van der Waals surface area contributed by atoms with E-state index in [1.54, 1.807) is 21.1 Å². The summed E-state index contributed by atoms with van der Waals surface area (Å²) in [5, 5.41) is 6.38. The fourth-order valence-electron chi connectivity index (χ4n) is 4.05. The Morgan fingerprint density at radius 3 is 2.26 bits per heavy atom. The molecule has 0 saturated heterocycles. The number of fused-ring (bicyclic) bond motifs is 2. The number of rotatable bonds is 9. The zero-order chi connectivity index (χ0) is 25.2. The zero-order valence-corrected chi connectivity index (χ0v) is 20.9. The number of benzene rings is 3. The number of H-pyrrole nitrogens is 1. The van der Waals surface area contributed by atoms with Crippen molar-refractivity contribution in [3.8, 4) is 11.5 Å². The highest BCUT2D eigenvalue weighted by Crippen LogP contribution is 2.25. The molecular weight excluding hydrogens is 440 g/mol. The third-order valence-electron chi connectivity index (χ3n) is 5.90. The van der Waals surface area contributed by atoms with Crippen molar-refractivity contribution in [2.75, 3.05) is 20.8 Å². The molecule has 0 atom stereocenters. The summed E-state index contributed by atoms with van der Waals surface area (Å²) < 4.78 is 10.5. The number of aryl methyl sites for hydroxylation is 1. The van der Waals surface area contributed by atoms with E-state index in [1.807, 2.05) is 42.6 Å². The van der Waals surface area contributed by atoms with Gasteiger partial charge in [-0.25, -0.2) is 0 Å². The molecule has 6 heteroatoms. The van der Waals surface area contributed by atoms with Crippen LogP contribution in [0.5, 0.6) is 11.5 Å². The Kier molecular flexibility index (Phi) is 9.30. The third-order valence-corrected chi connectivity index (χ3v) is 5.90. The SMILES string of the molecule is COc1ccc2[nH]cc(CCCC(C)=O)c2c1.COc1ccc2cccc(CCNC(C)=O)c2c1. The lowest BCUT2D eigenvalue weighted by molar-refractivity contribution is -0.119. The number of nitrogens with one attached hydrogen (secondary N) is 2. The van der Waals surface area contributed by atoms with Crippen LogP contribution in [0.25, 0.3) is 21.7 Å². The smallest absolute Gasteiger partial charge is 0.216 e. The van der Waals surface area contributed by atoms with Gasteiger partial charge in [-0.15, -0.1) is 0 Å². The first-order chi connectivity index (χ1) is 16.9. The summed E-state index contributed by atoms with van der Waals surface area (Å²) in [7, 11) is 3.34. The number of Topliss-reactive ketones (excluding diaryl/α,β-unsaturated/α-hetero) is 1. The van der Waals surface area contributed by atoms with Crippen LogP contribution in [0, 0.1) is 0 Å². The van der Waals surface area contributed by atoms with Gasteiger partial charge in [0.15, 0.2) is 0 Å². The predicted octanol–water partition coefficient (Wildman–Crippen LogP) is 5.62. The Morgan fingerprint density at radius 2 is 1.57 bits per heavy atom. The Hall–Kier alpha value is -3.80. The molecule has 0 aliphatic heterocycles. The van der Waals surface area contributed by atoms with Gasteiger partial charge < -0.3 is 24.6 Å². The summed E-state index contributed by atoms with van der Waals surface area (Å²) in [5.74, 6) is 1.98. The van der Waals surface area contributed by atoms with Crippen molar-refractivity contribution in [1.82, 2.24) is 10.3 Å². The Balaban J connectivity index is 0.000000196. The molecule has 6 nitrogen and oxygen atoms in total. The van der Waals surface area contributed by atoms with Crippen molar-refractivity contribution < 1.29 is 19.1 Å². The largest absolute Gasteiger partial charge is 0.497 e. The Bertz CT molecular complexity index is 1290. The standard InChI is InChI=1S/C15H17NO2.C14H17NO2/c1-11(17)16-9-8-13-5-3-4-12-6-7-14(18-2)10-15(12)13;1-10(16)4-3-5-11-9-15-14-7-6-12(17-2)8-13(11)14/h3-7,10H,8-9H2,1-2H3,(H,16,17);6-9,15H,3-5H2,1-2H3. The van der Waals surface area contributed by atoms with Crippen molar-refractivity contribution in [1.29, 1.82) is 0 Å². The third kappa shape index (κ3) is 7.34. The van der Waals surface area contributed by atoms with Crippen LogP contribution in [-0.2, 0) is 22.4 Å². The predicted molar refractivity (Wildman–Crippen MR) is 141 cm³/mol. The van der Waals surface area contributed by atoms with Crippen LogP contribution in [0.2, 0.25) is 0 Å². The zero-order valence-electron chi connectivity index (χ0n) is 20.9. The highest BCUT2D eigenvalue weighted by molar-refractivity contribution is 5.87. The van der Waals surface area contributed by atoms with E-state index in [4.69, 9.17) is 9.47 Å². The van der Waals surface area contributed by atoms with Crippen LogP contribution >= 0.6 is 0 Å². The van der Waals surface area contributed by atoms with Crippen LogP contribution in [0.1, 0.15) is 37.8 Å². The molecular formula is C29H34N2O4. The van der Waals surface area contributed by atoms with Gasteiger partial charge >= 0.3 is 0 Å². The lowest BCUT2D eigenvalue weighted by Gasteiger charge is -2.08. The fourth-order valence-corrected chi connectivity index (χ4v) is 4.05. The van der Waals surface area contributed by atoms with E-state index >= 15 is 0 Å². The van der Waals surface area contributed by atoms with Gasteiger partial charge in [-0.05, 0) is 78.4 Å². The molecule has 0 aliphatic rings. The number of hydrogen-bond acceptors (Lipinski definition) is 4. The molecule has 35 heavy (non-hydrogen) atoms. The summed E-state index contributed by atoms with van der Waals surface area (Å²) in [5.41, 5.74) is 3.59. The Labute approximate surface area is 206 Å². The van der Waals surface area contributed by atoms with Gasteiger partial charge in [0, 0.05) is 37.0 Å². The number of aromatic amines is 1. The number of hydrogen-bond donors (Lipinski definition) is 2. The summed E-state index contributed by atoms with van der Waals surface area (Å²) >= 11 is 0. The second-order valence-corrected chi connectivity index (χ2v) is 8.52. The summed E-state index contributed by atoms with van der Waals surface area (Å²) in [6.07, 6.45) is 5.32. The van der Waals surface area contributed by atoms with Gasteiger partial charge in [-0.3, -0.25) is 4.79 Å². The van der Waals surface area contributed by atoms with Crippen LogP contribution < -0.4 is 14.8 Å². The maximum atomic E-state index is 10.9. The minimum absolute atomic E-state index is 0.00724. The van der Waals surface area contributed by atoms with Gasteiger partial charge in [0.1, 0.15) is 17.3 Å². The number of amides is 1. The molecule has 2 N–H and O–H groups in total. The molecule has 0 spiro atoms. The van der Waals surface area contributed by atoms with Crippen LogP contribution in [0.3, 0.4) is 0 Å². The lowest BCUT2D eigenvalue weighted by atomic mass is 10.0. The molecule has 4 aromatic rings. The van der Waals surface area contributed by atoms with Crippen LogP contribution in [-0.4, -0.2) is 37.4 Å². The van der Waals surface area contributed by atoms with Crippen LogP contribution in [0.4, 0.5) is 0 Å². The molecule has 3 aromatic carbocycles. The van der Waals surface area contributed by atoms with E-state index in [2.05, 4.69) is 28.5 Å². The van der Waals surface area contributed by atoms with Crippen molar-refractivity contribution >= 4 is 33.4 Å². The highest BCUT2D eigenvalue weighted by Gasteiger charge is 2.06. The molecule has 0 unspecified atom stereocenters. The molecule has 0 aliphatic carbocycles. The first-order valence-electron chi connectivity index (χ1n) is 11.8. The fraction of sp³-hybridized carbons (Fsp3) is 0.310. The minimum atomic E-state index is 0.00724. The summed E-state index contributed by atoms with van der Waals surface area (Å²) in [4.78, 5) is 25.0. The van der Waals surface area contributed by atoms with E-state index in [0.717, 1.165) is 36.3 Å².